The van der Waals surface area contributed by atoms with Gasteiger partial charge in [0.05, 0.1) is 0 Å². The average Bonchev–Trinajstić information content (AvgIpc) is 3.03. The van der Waals surface area contributed by atoms with Crippen molar-refractivity contribution < 1.29 is 4.39 Å². The van der Waals surface area contributed by atoms with Crippen LogP contribution >= 0.6 is 24.0 Å². The average molecular weight is 487 g/mol. The van der Waals surface area contributed by atoms with Crippen LogP contribution in [0.25, 0.3) is 10.9 Å². The molecule has 0 saturated carbocycles. The summed E-state index contributed by atoms with van der Waals surface area (Å²) in [5.41, 5.74) is 2.03. The zero-order valence-electron chi connectivity index (χ0n) is 16.4. The molecular weight excluding hydrogens is 456 g/mol. The van der Waals surface area contributed by atoms with Crippen LogP contribution in [0.3, 0.4) is 0 Å². The molecule has 0 bridgehead atoms. The van der Waals surface area contributed by atoms with E-state index in [1.165, 1.54) is 17.7 Å². The van der Waals surface area contributed by atoms with Crippen molar-refractivity contribution in [1.82, 2.24) is 20.5 Å². The molecule has 0 radical (unpaired) electrons. The molecule has 1 aromatic carbocycles. The number of halogens is 2. The van der Waals surface area contributed by atoms with Gasteiger partial charge in [0, 0.05) is 55.9 Å². The number of nitrogens with one attached hydrogen (secondary N) is 3. The summed E-state index contributed by atoms with van der Waals surface area (Å²) in [5.74, 6) is 0.649. The van der Waals surface area contributed by atoms with Crippen molar-refractivity contribution in [2.45, 2.75) is 45.2 Å². The molecule has 2 aromatic rings. The van der Waals surface area contributed by atoms with E-state index in [1.54, 1.807) is 0 Å². The SMILES string of the molecule is CN=C(NCCc1c[nH]c2cc(F)ccc12)NC1CCN(C(C)C)CC1.I. The zero-order chi connectivity index (χ0) is 18.5. The summed E-state index contributed by atoms with van der Waals surface area (Å²) in [6, 6.07) is 5.99. The number of benzene rings is 1. The van der Waals surface area contributed by atoms with Gasteiger partial charge in [-0.1, -0.05) is 0 Å². The molecule has 0 aliphatic carbocycles. The minimum absolute atomic E-state index is 0. The number of aromatic amines is 1. The Labute approximate surface area is 178 Å². The molecule has 3 rings (SSSR count). The molecule has 0 atom stereocenters. The van der Waals surface area contributed by atoms with Gasteiger partial charge in [-0.3, -0.25) is 4.99 Å². The summed E-state index contributed by atoms with van der Waals surface area (Å²) in [5, 5.41) is 8.03. The number of guanidine groups is 1. The first-order chi connectivity index (χ1) is 12.6. The van der Waals surface area contributed by atoms with Crippen LogP contribution in [0.15, 0.2) is 29.4 Å². The summed E-state index contributed by atoms with van der Waals surface area (Å²) in [6.07, 6.45) is 5.11. The molecule has 0 amide bonds. The summed E-state index contributed by atoms with van der Waals surface area (Å²) in [4.78, 5) is 10.0. The Morgan fingerprint density at radius 3 is 2.74 bits per heavy atom. The number of rotatable bonds is 5. The smallest absolute Gasteiger partial charge is 0.191 e. The predicted molar refractivity (Wildman–Crippen MR) is 122 cm³/mol. The lowest BCUT2D eigenvalue weighted by atomic mass is 10.0. The number of aromatic nitrogens is 1. The first-order valence-electron chi connectivity index (χ1n) is 9.53. The van der Waals surface area contributed by atoms with Gasteiger partial charge in [0.25, 0.3) is 0 Å². The van der Waals surface area contributed by atoms with Crippen molar-refractivity contribution in [3.8, 4) is 0 Å². The Balaban J connectivity index is 0.00000261. The van der Waals surface area contributed by atoms with Crippen LogP contribution in [-0.2, 0) is 6.42 Å². The first kappa shape index (κ1) is 21.9. The molecule has 7 heteroatoms. The van der Waals surface area contributed by atoms with E-state index in [2.05, 4.69) is 39.4 Å². The van der Waals surface area contributed by atoms with Crippen LogP contribution in [0, 0.1) is 5.82 Å². The van der Waals surface area contributed by atoms with Crippen molar-refractivity contribution in [2.75, 3.05) is 26.7 Å². The normalized spacial score (nSPS) is 16.6. The lowest BCUT2D eigenvalue weighted by Crippen LogP contribution is -2.50. The van der Waals surface area contributed by atoms with E-state index in [4.69, 9.17) is 0 Å². The fourth-order valence-corrected chi connectivity index (χ4v) is 3.63. The van der Waals surface area contributed by atoms with Gasteiger partial charge in [0.15, 0.2) is 5.96 Å². The first-order valence-corrected chi connectivity index (χ1v) is 9.53. The van der Waals surface area contributed by atoms with Gasteiger partial charge < -0.3 is 20.5 Å². The van der Waals surface area contributed by atoms with E-state index in [9.17, 15) is 4.39 Å². The summed E-state index contributed by atoms with van der Waals surface area (Å²) in [6.45, 7) is 7.58. The second-order valence-electron chi connectivity index (χ2n) is 7.30. The van der Waals surface area contributed by atoms with Crippen molar-refractivity contribution in [1.29, 1.82) is 0 Å². The number of aliphatic imine (C=N–C) groups is 1. The maximum Gasteiger partial charge on any atom is 0.191 e. The highest BCUT2D eigenvalue weighted by Crippen LogP contribution is 2.19. The highest BCUT2D eigenvalue weighted by Gasteiger charge is 2.21. The Bertz CT molecular complexity index is 750. The van der Waals surface area contributed by atoms with Crippen molar-refractivity contribution >= 4 is 40.8 Å². The highest BCUT2D eigenvalue weighted by molar-refractivity contribution is 14.0. The Kier molecular flexibility index (Phi) is 8.34. The van der Waals surface area contributed by atoms with Gasteiger partial charge in [-0.25, -0.2) is 4.39 Å². The number of hydrogen-bond acceptors (Lipinski definition) is 2. The minimum Gasteiger partial charge on any atom is -0.361 e. The molecule has 2 heterocycles. The second-order valence-corrected chi connectivity index (χ2v) is 7.30. The number of likely N-dealkylation sites (tertiary alicyclic amines) is 1. The van der Waals surface area contributed by atoms with Gasteiger partial charge in [-0.2, -0.15) is 0 Å². The van der Waals surface area contributed by atoms with Gasteiger partial charge >= 0.3 is 0 Å². The molecule has 1 aliphatic heterocycles. The van der Waals surface area contributed by atoms with Crippen LogP contribution < -0.4 is 10.6 Å². The molecule has 1 aromatic heterocycles. The third-order valence-electron chi connectivity index (χ3n) is 5.24. The standard InChI is InChI=1S/C20H30FN5.HI/c1-14(2)26-10-7-17(8-11-26)25-20(22-3)23-9-6-15-13-24-19-12-16(21)4-5-18(15)19;/h4-5,12-14,17,24H,6-11H2,1-3H3,(H2,22,23,25);1H. The largest absolute Gasteiger partial charge is 0.361 e. The summed E-state index contributed by atoms with van der Waals surface area (Å²) >= 11 is 0. The molecule has 3 N–H and O–H groups in total. The Morgan fingerprint density at radius 2 is 2.07 bits per heavy atom. The molecule has 1 aliphatic rings. The molecule has 0 unspecified atom stereocenters. The third-order valence-corrected chi connectivity index (χ3v) is 5.24. The van der Waals surface area contributed by atoms with Crippen molar-refractivity contribution in [3.63, 3.8) is 0 Å². The zero-order valence-corrected chi connectivity index (χ0v) is 18.7. The fraction of sp³-hybridized carbons (Fsp3) is 0.550. The van der Waals surface area contributed by atoms with E-state index in [0.29, 0.717) is 12.1 Å². The molecular formula is C20H31FIN5. The number of hydrogen-bond donors (Lipinski definition) is 3. The molecule has 1 saturated heterocycles. The number of nitrogens with zero attached hydrogens (tertiary/aromatic N) is 2. The lowest BCUT2D eigenvalue weighted by Gasteiger charge is -2.35. The van der Waals surface area contributed by atoms with Gasteiger partial charge in [-0.05, 0) is 56.9 Å². The molecule has 27 heavy (non-hydrogen) atoms. The topological polar surface area (TPSA) is 55.5 Å². The monoisotopic (exact) mass is 487 g/mol. The second kappa shape index (κ2) is 10.3. The van der Waals surface area contributed by atoms with Gasteiger partial charge in [0.1, 0.15) is 5.82 Å². The van der Waals surface area contributed by atoms with Gasteiger partial charge in [0.2, 0.25) is 0 Å². The highest BCUT2D eigenvalue weighted by atomic mass is 127. The number of piperidine rings is 1. The van der Waals surface area contributed by atoms with E-state index in [-0.39, 0.29) is 29.8 Å². The fourth-order valence-electron chi connectivity index (χ4n) is 3.63. The van der Waals surface area contributed by atoms with Crippen molar-refractivity contribution in [3.05, 3.63) is 35.8 Å². The van der Waals surface area contributed by atoms with Crippen LogP contribution in [0.4, 0.5) is 4.39 Å². The maximum atomic E-state index is 13.3. The van der Waals surface area contributed by atoms with Crippen LogP contribution in [-0.4, -0.2) is 54.6 Å². The molecule has 0 spiro atoms. The number of H-pyrrole nitrogens is 1. The van der Waals surface area contributed by atoms with E-state index in [1.807, 2.05) is 19.3 Å². The Morgan fingerprint density at radius 1 is 1.33 bits per heavy atom. The number of fused-ring (bicyclic) bond motifs is 1. The van der Waals surface area contributed by atoms with Crippen LogP contribution in [0.2, 0.25) is 0 Å². The third kappa shape index (κ3) is 5.81. The predicted octanol–water partition coefficient (Wildman–Crippen LogP) is 3.51. The van der Waals surface area contributed by atoms with E-state index < -0.39 is 0 Å². The molecule has 5 nitrogen and oxygen atoms in total. The maximum absolute atomic E-state index is 13.3. The van der Waals surface area contributed by atoms with Crippen LogP contribution in [0.1, 0.15) is 32.3 Å². The lowest BCUT2D eigenvalue weighted by molar-refractivity contribution is 0.167. The molecule has 150 valence electrons. The van der Waals surface area contributed by atoms with E-state index in [0.717, 1.165) is 55.8 Å². The van der Waals surface area contributed by atoms with Crippen LogP contribution in [0.5, 0.6) is 0 Å². The van der Waals surface area contributed by atoms with Crippen molar-refractivity contribution in [2.24, 2.45) is 4.99 Å². The summed E-state index contributed by atoms with van der Waals surface area (Å²) in [7, 11) is 1.81. The quantitative estimate of drug-likeness (QED) is 0.344. The minimum atomic E-state index is -0.211. The summed E-state index contributed by atoms with van der Waals surface area (Å²) < 4.78 is 13.3. The Hall–Kier alpha value is -1.35. The van der Waals surface area contributed by atoms with Gasteiger partial charge in [-0.15, -0.1) is 24.0 Å². The molecule has 1 fully saturated rings. The van der Waals surface area contributed by atoms with E-state index >= 15 is 0 Å².